The Labute approximate surface area is 114 Å². The Balaban J connectivity index is 1.88. The summed E-state index contributed by atoms with van der Waals surface area (Å²) in [5, 5.41) is 12.9. The number of aromatic nitrogens is 1. The smallest absolute Gasteiger partial charge is 0.327 e. The predicted molar refractivity (Wildman–Crippen MR) is 67.8 cm³/mol. The van der Waals surface area contributed by atoms with Crippen molar-refractivity contribution in [1.29, 1.82) is 0 Å². The quantitative estimate of drug-likeness (QED) is 0.901. The number of hydrogen-bond acceptors (Lipinski definition) is 5. The van der Waals surface area contributed by atoms with Crippen molar-refractivity contribution in [1.82, 2.24) is 10.1 Å². The fraction of sp³-hybridized carbons (Fsp3) is 0.583. The molecule has 0 spiro atoms. The zero-order valence-corrected chi connectivity index (χ0v) is 11.2. The van der Waals surface area contributed by atoms with Crippen LogP contribution in [0.3, 0.4) is 0 Å². The SMILES string of the molecule is Cc1cc(C(=O)N2C(C(=O)O)CSC2C2CC2)no1. The first-order valence-corrected chi connectivity index (χ1v) is 7.23. The van der Waals surface area contributed by atoms with Crippen LogP contribution < -0.4 is 0 Å². The third kappa shape index (κ3) is 2.22. The lowest BCUT2D eigenvalue weighted by Gasteiger charge is -2.26. The molecule has 1 aromatic rings. The van der Waals surface area contributed by atoms with E-state index in [1.54, 1.807) is 24.8 Å². The van der Waals surface area contributed by atoms with E-state index in [0.29, 0.717) is 17.4 Å². The third-order valence-electron chi connectivity index (χ3n) is 3.43. The Bertz CT molecular complexity index is 526. The van der Waals surface area contributed by atoms with Crippen LogP contribution in [0.1, 0.15) is 29.1 Å². The summed E-state index contributed by atoms with van der Waals surface area (Å²) in [6.45, 7) is 1.70. The second-order valence-corrected chi connectivity index (χ2v) is 6.10. The topological polar surface area (TPSA) is 83.6 Å². The molecule has 1 N–H and O–H groups in total. The van der Waals surface area contributed by atoms with Crippen molar-refractivity contribution in [2.45, 2.75) is 31.2 Å². The molecular formula is C12H14N2O4S. The zero-order valence-electron chi connectivity index (χ0n) is 10.4. The summed E-state index contributed by atoms with van der Waals surface area (Å²) in [7, 11) is 0. The van der Waals surface area contributed by atoms with Gasteiger partial charge in [-0.3, -0.25) is 4.79 Å². The number of thioether (sulfide) groups is 1. The predicted octanol–water partition coefficient (Wildman–Crippen LogP) is 1.36. The minimum atomic E-state index is -0.954. The van der Waals surface area contributed by atoms with E-state index in [2.05, 4.69) is 5.16 Å². The summed E-state index contributed by atoms with van der Waals surface area (Å²) in [4.78, 5) is 25.2. The normalized spacial score (nSPS) is 26.7. The van der Waals surface area contributed by atoms with Crippen LogP contribution in [0.2, 0.25) is 0 Å². The van der Waals surface area contributed by atoms with Gasteiger partial charge in [-0.25, -0.2) is 4.79 Å². The average molecular weight is 282 g/mol. The molecule has 2 unspecified atom stereocenters. The number of nitrogens with zero attached hydrogens (tertiary/aromatic N) is 2. The zero-order chi connectivity index (χ0) is 13.6. The minimum absolute atomic E-state index is 0.0365. The van der Waals surface area contributed by atoms with Crippen LogP contribution in [0.5, 0.6) is 0 Å². The lowest BCUT2D eigenvalue weighted by molar-refractivity contribution is -0.141. The highest BCUT2D eigenvalue weighted by molar-refractivity contribution is 8.00. The molecule has 1 saturated heterocycles. The molecular weight excluding hydrogens is 268 g/mol. The number of carboxylic acid groups (broad SMARTS) is 1. The molecule has 0 radical (unpaired) electrons. The summed E-state index contributed by atoms with van der Waals surface area (Å²) in [5.74, 6) is 0.116. The summed E-state index contributed by atoms with van der Waals surface area (Å²) >= 11 is 1.55. The first-order chi connectivity index (χ1) is 9.08. The van der Waals surface area contributed by atoms with Crippen LogP contribution in [-0.4, -0.2) is 44.2 Å². The van der Waals surface area contributed by atoms with Crippen LogP contribution in [-0.2, 0) is 4.79 Å². The van der Waals surface area contributed by atoms with Gasteiger partial charge >= 0.3 is 5.97 Å². The van der Waals surface area contributed by atoms with E-state index in [4.69, 9.17) is 4.52 Å². The highest BCUT2D eigenvalue weighted by Gasteiger charge is 2.48. The van der Waals surface area contributed by atoms with E-state index in [-0.39, 0.29) is 17.0 Å². The molecule has 1 amide bonds. The van der Waals surface area contributed by atoms with Gasteiger partial charge < -0.3 is 14.5 Å². The van der Waals surface area contributed by atoms with Crippen molar-refractivity contribution in [3.05, 3.63) is 17.5 Å². The van der Waals surface area contributed by atoms with Gasteiger partial charge in [-0.05, 0) is 25.7 Å². The highest BCUT2D eigenvalue weighted by Crippen LogP contribution is 2.45. The second-order valence-electron chi connectivity index (χ2n) is 4.95. The van der Waals surface area contributed by atoms with Crippen molar-refractivity contribution in [3.8, 4) is 0 Å². The molecule has 7 heteroatoms. The van der Waals surface area contributed by atoms with E-state index in [1.807, 2.05) is 0 Å². The van der Waals surface area contributed by atoms with Crippen molar-refractivity contribution in [3.63, 3.8) is 0 Å². The van der Waals surface area contributed by atoms with Crippen molar-refractivity contribution >= 4 is 23.6 Å². The number of rotatable bonds is 3. The third-order valence-corrected chi connectivity index (χ3v) is 4.89. The van der Waals surface area contributed by atoms with Crippen molar-refractivity contribution < 1.29 is 19.2 Å². The minimum Gasteiger partial charge on any atom is -0.480 e. The Kier molecular flexibility index (Phi) is 3.00. The number of carboxylic acids is 1. The maximum Gasteiger partial charge on any atom is 0.327 e. The largest absolute Gasteiger partial charge is 0.480 e. The van der Waals surface area contributed by atoms with Crippen LogP contribution in [0.15, 0.2) is 10.6 Å². The maximum absolute atomic E-state index is 12.4. The van der Waals surface area contributed by atoms with E-state index in [9.17, 15) is 14.7 Å². The summed E-state index contributed by atoms with van der Waals surface area (Å²) in [6, 6.07) is 0.786. The fourth-order valence-corrected chi connectivity index (χ4v) is 3.95. The Hall–Kier alpha value is -1.50. The molecule has 19 heavy (non-hydrogen) atoms. The standard InChI is InChI=1S/C12H14N2O4S/c1-6-4-8(13-18-6)10(15)14-9(12(16)17)5-19-11(14)7-2-3-7/h4,7,9,11H,2-3,5H2,1H3,(H,16,17). The molecule has 2 aliphatic rings. The van der Waals surface area contributed by atoms with Crippen molar-refractivity contribution in [2.75, 3.05) is 5.75 Å². The van der Waals surface area contributed by atoms with Gasteiger partial charge in [0, 0.05) is 11.8 Å². The maximum atomic E-state index is 12.4. The lowest BCUT2D eigenvalue weighted by atomic mass is 10.2. The number of aliphatic carboxylic acids is 1. The van der Waals surface area contributed by atoms with Crippen LogP contribution in [0, 0.1) is 12.8 Å². The van der Waals surface area contributed by atoms with E-state index >= 15 is 0 Å². The van der Waals surface area contributed by atoms with Crippen LogP contribution in [0.25, 0.3) is 0 Å². The first kappa shape index (κ1) is 12.5. The van der Waals surface area contributed by atoms with Gasteiger partial charge in [0.2, 0.25) is 0 Å². The summed E-state index contributed by atoms with van der Waals surface area (Å²) in [6.07, 6.45) is 2.12. The van der Waals surface area contributed by atoms with Gasteiger partial charge in [0.1, 0.15) is 11.8 Å². The molecule has 2 fully saturated rings. The molecule has 0 aromatic carbocycles. The number of aryl methyl sites for hydroxylation is 1. The highest BCUT2D eigenvalue weighted by atomic mass is 32.2. The van der Waals surface area contributed by atoms with Crippen LogP contribution >= 0.6 is 11.8 Å². The molecule has 2 atom stereocenters. The Morgan fingerprint density at radius 2 is 2.26 bits per heavy atom. The number of amides is 1. The number of carbonyl (C=O) groups is 2. The fourth-order valence-electron chi connectivity index (χ4n) is 2.32. The molecule has 2 heterocycles. The average Bonchev–Trinajstić information content (AvgIpc) is 2.96. The Morgan fingerprint density at radius 3 is 2.79 bits per heavy atom. The van der Waals surface area contributed by atoms with E-state index in [0.717, 1.165) is 12.8 Å². The second kappa shape index (κ2) is 4.56. The van der Waals surface area contributed by atoms with Gasteiger partial charge in [0.25, 0.3) is 5.91 Å². The van der Waals surface area contributed by atoms with E-state index < -0.39 is 12.0 Å². The van der Waals surface area contributed by atoms with E-state index in [1.165, 1.54) is 4.90 Å². The molecule has 1 saturated carbocycles. The van der Waals surface area contributed by atoms with Crippen molar-refractivity contribution in [2.24, 2.45) is 5.92 Å². The molecule has 102 valence electrons. The van der Waals surface area contributed by atoms with Gasteiger partial charge in [-0.15, -0.1) is 11.8 Å². The first-order valence-electron chi connectivity index (χ1n) is 6.18. The van der Waals surface area contributed by atoms with Crippen LogP contribution in [0.4, 0.5) is 0 Å². The molecule has 3 rings (SSSR count). The number of carbonyl (C=O) groups excluding carboxylic acids is 1. The molecule has 0 bridgehead atoms. The molecule has 1 aromatic heterocycles. The summed E-state index contributed by atoms with van der Waals surface area (Å²) in [5.41, 5.74) is 0.192. The lowest BCUT2D eigenvalue weighted by Crippen LogP contribution is -2.46. The Morgan fingerprint density at radius 1 is 1.53 bits per heavy atom. The van der Waals surface area contributed by atoms with Gasteiger partial charge in [0.05, 0.1) is 5.37 Å². The molecule has 1 aliphatic carbocycles. The van der Waals surface area contributed by atoms with Gasteiger partial charge in [0.15, 0.2) is 5.69 Å². The molecule has 1 aliphatic heterocycles. The monoisotopic (exact) mass is 282 g/mol. The van der Waals surface area contributed by atoms with Gasteiger partial charge in [-0.2, -0.15) is 0 Å². The van der Waals surface area contributed by atoms with Gasteiger partial charge in [-0.1, -0.05) is 5.16 Å². The summed E-state index contributed by atoms with van der Waals surface area (Å²) < 4.78 is 4.90. The molecule has 6 nitrogen and oxygen atoms in total. The number of hydrogen-bond donors (Lipinski definition) is 1.